The molecule has 0 aliphatic heterocycles. The van der Waals surface area contributed by atoms with Crippen LogP contribution in [-0.2, 0) is 4.79 Å². The molecule has 0 fully saturated rings. The Morgan fingerprint density at radius 2 is 0.535 bits per heavy atom. The highest BCUT2D eigenvalue weighted by molar-refractivity contribution is 5.66. The van der Waals surface area contributed by atoms with E-state index in [1.165, 1.54) is 212 Å². The van der Waals surface area contributed by atoms with Gasteiger partial charge in [-0.05, 0) is 19.4 Å². The lowest BCUT2D eigenvalue weighted by Gasteiger charge is -2.04. The minimum Gasteiger partial charge on any atom is -0.481 e. The smallest absolute Gasteiger partial charge is 0.303 e. The van der Waals surface area contributed by atoms with E-state index in [0.717, 1.165) is 19.4 Å². The topological polar surface area (TPSA) is 63.3 Å². The first-order chi connectivity index (χ1) is 21.2. The molecular formula is C40H83NO2. The van der Waals surface area contributed by atoms with Crippen molar-refractivity contribution in [1.82, 2.24) is 0 Å². The summed E-state index contributed by atoms with van der Waals surface area (Å²) in [4.78, 5) is 10.3. The van der Waals surface area contributed by atoms with Crippen molar-refractivity contribution in [2.24, 2.45) is 5.73 Å². The van der Waals surface area contributed by atoms with Gasteiger partial charge in [0.1, 0.15) is 0 Å². The van der Waals surface area contributed by atoms with Gasteiger partial charge in [0.05, 0.1) is 0 Å². The van der Waals surface area contributed by atoms with E-state index in [0.29, 0.717) is 6.42 Å². The van der Waals surface area contributed by atoms with E-state index in [2.05, 4.69) is 13.8 Å². The third-order valence-electron chi connectivity index (χ3n) is 9.05. The largest absolute Gasteiger partial charge is 0.481 e. The summed E-state index contributed by atoms with van der Waals surface area (Å²) in [5.74, 6) is -0.653. The van der Waals surface area contributed by atoms with Gasteiger partial charge in [-0.15, -0.1) is 0 Å². The molecule has 0 spiro atoms. The van der Waals surface area contributed by atoms with Crippen molar-refractivity contribution in [3.63, 3.8) is 0 Å². The van der Waals surface area contributed by atoms with Gasteiger partial charge in [-0.2, -0.15) is 0 Å². The van der Waals surface area contributed by atoms with Crippen LogP contribution in [0.2, 0.25) is 0 Å². The van der Waals surface area contributed by atoms with Crippen molar-refractivity contribution in [3.05, 3.63) is 0 Å². The maximum absolute atomic E-state index is 10.3. The number of unbranched alkanes of at least 4 members (excludes halogenated alkanes) is 33. The summed E-state index contributed by atoms with van der Waals surface area (Å²) in [6, 6.07) is 0. The zero-order valence-electron chi connectivity index (χ0n) is 30.1. The summed E-state index contributed by atoms with van der Waals surface area (Å²) in [6.07, 6.45) is 49.0. The Labute approximate surface area is 272 Å². The molecule has 0 bridgehead atoms. The predicted molar refractivity (Wildman–Crippen MR) is 194 cm³/mol. The van der Waals surface area contributed by atoms with E-state index < -0.39 is 5.97 Å². The number of aliphatic carboxylic acids is 1. The highest BCUT2D eigenvalue weighted by Crippen LogP contribution is 2.15. The van der Waals surface area contributed by atoms with Crippen LogP contribution in [0.4, 0.5) is 0 Å². The second-order valence-corrected chi connectivity index (χ2v) is 13.6. The molecule has 0 saturated carbocycles. The van der Waals surface area contributed by atoms with Crippen LogP contribution in [-0.4, -0.2) is 17.6 Å². The van der Waals surface area contributed by atoms with Crippen LogP contribution in [0, 0.1) is 0 Å². The van der Waals surface area contributed by atoms with Gasteiger partial charge in [0.25, 0.3) is 0 Å². The van der Waals surface area contributed by atoms with Crippen LogP contribution in [0.5, 0.6) is 0 Å². The lowest BCUT2D eigenvalue weighted by atomic mass is 10.0. The van der Waals surface area contributed by atoms with Crippen LogP contribution >= 0.6 is 0 Å². The first-order valence-corrected chi connectivity index (χ1v) is 20.1. The molecule has 43 heavy (non-hydrogen) atoms. The molecule has 0 radical (unpaired) electrons. The van der Waals surface area contributed by atoms with Crippen LogP contribution in [0.1, 0.15) is 245 Å². The number of carboxylic acids is 1. The quantitative estimate of drug-likeness (QED) is 0.0694. The maximum atomic E-state index is 10.3. The summed E-state index contributed by atoms with van der Waals surface area (Å²) in [7, 11) is 0. The normalized spacial score (nSPS) is 11.0. The average molecular weight is 610 g/mol. The zero-order chi connectivity index (χ0) is 31.7. The number of nitrogens with two attached hydrogens (primary N) is 1. The molecule has 0 aromatic carbocycles. The van der Waals surface area contributed by atoms with Crippen LogP contribution in [0.25, 0.3) is 0 Å². The third-order valence-corrected chi connectivity index (χ3v) is 9.05. The molecule has 3 nitrogen and oxygen atoms in total. The van der Waals surface area contributed by atoms with E-state index in [-0.39, 0.29) is 0 Å². The summed E-state index contributed by atoms with van der Waals surface area (Å²) in [6.45, 7) is 5.44. The van der Waals surface area contributed by atoms with Crippen molar-refractivity contribution < 1.29 is 9.90 Å². The number of hydrogen-bond donors (Lipinski definition) is 2. The molecule has 0 unspecified atom stereocenters. The Hall–Kier alpha value is -0.570. The second-order valence-electron chi connectivity index (χ2n) is 13.6. The average Bonchev–Trinajstić information content (AvgIpc) is 3.00. The molecule has 0 aliphatic carbocycles. The minimum atomic E-state index is -0.653. The summed E-state index contributed by atoms with van der Waals surface area (Å²) in [5.41, 5.74) is 5.51. The Balaban J connectivity index is 0. The molecule has 0 aromatic heterocycles. The van der Waals surface area contributed by atoms with Crippen molar-refractivity contribution in [2.75, 3.05) is 6.54 Å². The molecule has 260 valence electrons. The first-order valence-electron chi connectivity index (χ1n) is 20.1. The van der Waals surface area contributed by atoms with Gasteiger partial charge in [-0.3, -0.25) is 4.79 Å². The molecule has 0 atom stereocenters. The van der Waals surface area contributed by atoms with Gasteiger partial charge < -0.3 is 10.8 Å². The van der Waals surface area contributed by atoms with Gasteiger partial charge in [0.2, 0.25) is 0 Å². The van der Waals surface area contributed by atoms with Gasteiger partial charge in [0, 0.05) is 6.42 Å². The van der Waals surface area contributed by atoms with Crippen LogP contribution in [0.15, 0.2) is 0 Å². The Kier molecular flexibility index (Phi) is 45.1. The van der Waals surface area contributed by atoms with Crippen LogP contribution in [0.3, 0.4) is 0 Å². The molecular weight excluding hydrogens is 526 g/mol. The zero-order valence-corrected chi connectivity index (χ0v) is 30.1. The van der Waals surface area contributed by atoms with Gasteiger partial charge in [0.15, 0.2) is 0 Å². The molecule has 0 rings (SSSR count). The maximum Gasteiger partial charge on any atom is 0.303 e. The summed E-state index contributed by atoms with van der Waals surface area (Å²) in [5, 5.41) is 8.52. The number of carbonyl (C=O) groups is 1. The highest BCUT2D eigenvalue weighted by atomic mass is 16.4. The van der Waals surface area contributed by atoms with Crippen molar-refractivity contribution in [2.45, 2.75) is 245 Å². The van der Waals surface area contributed by atoms with Crippen molar-refractivity contribution in [3.8, 4) is 0 Å². The number of rotatable bonds is 36. The molecule has 3 heteroatoms. The van der Waals surface area contributed by atoms with Gasteiger partial charge >= 0.3 is 5.97 Å². The number of hydrogen-bond acceptors (Lipinski definition) is 2. The van der Waals surface area contributed by atoms with E-state index in [9.17, 15) is 4.79 Å². The van der Waals surface area contributed by atoms with E-state index in [1.807, 2.05) is 0 Å². The monoisotopic (exact) mass is 610 g/mol. The third kappa shape index (κ3) is 48.5. The predicted octanol–water partition coefficient (Wildman–Crippen LogP) is 14.1. The van der Waals surface area contributed by atoms with E-state index in [1.54, 1.807) is 0 Å². The molecule has 0 aliphatic rings. The van der Waals surface area contributed by atoms with E-state index >= 15 is 0 Å². The SMILES string of the molecule is CCCCCCCCCCCCCCCCCC(=O)O.CCCCCCCCCCCCCCCCCCCCCCN. The summed E-state index contributed by atoms with van der Waals surface area (Å²) < 4.78 is 0. The molecule has 0 amide bonds. The fourth-order valence-corrected chi connectivity index (χ4v) is 6.05. The second kappa shape index (κ2) is 43.6. The molecule has 0 heterocycles. The highest BCUT2D eigenvalue weighted by Gasteiger charge is 1.98. The minimum absolute atomic E-state index is 0.345. The fraction of sp³-hybridized carbons (Fsp3) is 0.975. The van der Waals surface area contributed by atoms with Crippen molar-refractivity contribution >= 4 is 5.97 Å². The first kappa shape index (κ1) is 44.6. The lowest BCUT2D eigenvalue weighted by molar-refractivity contribution is -0.137. The van der Waals surface area contributed by atoms with Crippen molar-refractivity contribution in [1.29, 1.82) is 0 Å². The molecule has 0 saturated heterocycles. The Morgan fingerprint density at radius 3 is 0.721 bits per heavy atom. The van der Waals surface area contributed by atoms with Gasteiger partial charge in [-0.25, -0.2) is 0 Å². The lowest BCUT2D eigenvalue weighted by Crippen LogP contribution is -1.97. The summed E-state index contributed by atoms with van der Waals surface area (Å²) >= 11 is 0. The van der Waals surface area contributed by atoms with Gasteiger partial charge in [-0.1, -0.05) is 226 Å². The number of carboxylic acid groups (broad SMARTS) is 1. The molecule has 0 aromatic rings. The Bertz CT molecular complexity index is 461. The fourth-order valence-electron chi connectivity index (χ4n) is 6.05. The van der Waals surface area contributed by atoms with Crippen LogP contribution < -0.4 is 5.73 Å². The Morgan fingerprint density at radius 1 is 0.349 bits per heavy atom. The molecule has 3 N–H and O–H groups in total. The van der Waals surface area contributed by atoms with E-state index in [4.69, 9.17) is 10.8 Å². The standard InChI is InChI=1S/C22H47N.C18H36O2/c1-2-3-4-5-6-7-8-9-10-11-12-13-14-15-16-17-18-19-20-21-22-23;1-2-3-4-5-6-7-8-9-10-11-12-13-14-15-16-17-18(19)20/h2-23H2,1H3;2-17H2,1H3,(H,19,20).